The number of nitro groups is 1. The Labute approximate surface area is 224 Å². The van der Waals surface area contributed by atoms with Crippen LogP contribution in [0.15, 0.2) is 42.5 Å². The van der Waals surface area contributed by atoms with Crippen molar-refractivity contribution in [3.05, 3.63) is 63.7 Å². The lowest BCUT2D eigenvalue weighted by Gasteiger charge is -2.33. The van der Waals surface area contributed by atoms with Crippen LogP contribution in [-0.4, -0.2) is 62.6 Å². The number of carbonyl (C=O) groups is 2. The van der Waals surface area contributed by atoms with Crippen LogP contribution in [0.2, 0.25) is 0 Å². The van der Waals surface area contributed by atoms with Gasteiger partial charge in [-0.25, -0.2) is 8.42 Å². The quantitative estimate of drug-likeness (QED) is 0.299. The highest BCUT2D eigenvalue weighted by Gasteiger charge is 2.32. The minimum absolute atomic E-state index is 0.0248. The van der Waals surface area contributed by atoms with Gasteiger partial charge in [0.1, 0.15) is 18.3 Å². The Morgan fingerprint density at radius 3 is 2.26 bits per heavy atom. The number of methoxy groups -OCH3 is 1. The summed E-state index contributed by atoms with van der Waals surface area (Å²) in [7, 11) is -2.49. The molecule has 0 heterocycles. The van der Waals surface area contributed by atoms with E-state index in [-0.39, 0.29) is 29.7 Å². The van der Waals surface area contributed by atoms with Crippen molar-refractivity contribution in [2.75, 3.05) is 30.8 Å². The number of nitrogens with one attached hydrogen (secondary N) is 1. The number of rotatable bonds is 13. The summed E-state index contributed by atoms with van der Waals surface area (Å²) in [5, 5.41) is 14.2. The largest absolute Gasteiger partial charge is 0.497 e. The van der Waals surface area contributed by atoms with E-state index in [0.29, 0.717) is 29.8 Å². The average Bonchev–Trinajstić information content (AvgIpc) is 2.85. The van der Waals surface area contributed by atoms with Crippen LogP contribution in [0.1, 0.15) is 38.3 Å². The summed E-state index contributed by atoms with van der Waals surface area (Å²) >= 11 is 0. The van der Waals surface area contributed by atoms with Crippen LogP contribution in [-0.2, 0) is 26.2 Å². The van der Waals surface area contributed by atoms with Gasteiger partial charge in [0.2, 0.25) is 21.8 Å². The van der Waals surface area contributed by atoms with Crippen LogP contribution in [0, 0.1) is 23.0 Å². The summed E-state index contributed by atoms with van der Waals surface area (Å²) in [6.45, 7) is 7.10. The lowest BCUT2D eigenvalue weighted by atomic mass is 10.1. The summed E-state index contributed by atoms with van der Waals surface area (Å²) < 4.78 is 31.6. The van der Waals surface area contributed by atoms with E-state index in [2.05, 4.69) is 5.32 Å². The van der Waals surface area contributed by atoms with Gasteiger partial charge in [0.15, 0.2) is 0 Å². The highest BCUT2D eigenvalue weighted by atomic mass is 32.2. The molecular formula is C26H36N4O7S. The second-order valence-corrected chi connectivity index (χ2v) is 11.3. The highest BCUT2D eigenvalue weighted by molar-refractivity contribution is 7.92. The lowest BCUT2D eigenvalue weighted by molar-refractivity contribution is -0.384. The number of ether oxygens (including phenoxy) is 1. The first-order valence-electron chi connectivity index (χ1n) is 12.2. The number of amides is 2. The topological polar surface area (TPSA) is 139 Å². The molecule has 2 rings (SSSR count). The van der Waals surface area contributed by atoms with E-state index in [1.165, 1.54) is 24.1 Å². The zero-order valence-electron chi connectivity index (χ0n) is 22.6. The fourth-order valence-electron chi connectivity index (χ4n) is 3.84. The number of nitrogens with zero attached hydrogens (tertiary/aromatic N) is 3. The van der Waals surface area contributed by atoms with Gasteiger partial charge in [0, 0.05) is 25.2 Å². The second-order valence-electron chi connectivity index (χ2n) is 9.43. The highest BCUT2D eigenvalue weighted by Crippen LogP contribution is 2.28. The molecule has 0 aliphatic heterocycles. The van der Waals surface area contributed by atoms with Crippen LogP contribution in [0.4, 0.5) is 11.4 Å². The van der Waals surface area contributed by atoms with Crippen LogP contribution < -0.4 is 14.4 Å². The Bertz CT molecular complexity index is 1250. The molecule has 0 saturated carbocycles. The Balaban J connectivity index is 2.50. The average molecular weight is 549 g/mol. The van der Waals surface area contributed by atoms with Crippen LogP contribution in [0.5, 0.6) is 5.75 Å². The van der Waals surface area contributed by atoms with Crippen molar-refractivity contribution in [3.8, 4) is 5.75 Å². The third-order valence-electron chi connectivity index (χ3n) is 5.93. The first-order valence-corrected chi connectivity index (χ1v) is 14.1. The van der Waals surface area contributed by atoms with Gasteiger partial charge in [-0.1, -0.05) is 39.0 Å². The molecule has 0 aromatic heterocycles. The molecule has 11 nitrogen and oxygen atoms in total. The van der Waals surface area contributed by atoms with Gasteiger partial charge in [0.05, 0.1) is 24.0 Å². The maximum absolute atomic E-state index is 13.8. The summed E-state index contributed by atoms with van der Waals surface area (Å²) in [5.74, 6) is -0.151. The minimum atomic E-state index is -4.02. The predicted molar refractivity (Wildman–Crippen MR) is 145 cm³/mol. The SMILES string of the molecule is CC[C@@H](C(=O)NCC(C)C)N(Cc1ccc(OC)cc1)C(=O)CN(c1cc([N+](=O)[O-])ccc1C)S(C)(=O)=O. The summed E-state index contributed by atoms with van der Waals surface area (Å²) in [6, 6.07) is 9.94. The number of hydrogen-bond donors (Lipinski definition) is 1. The monoisotopic (exact) mass is 548 g/mol. The molecule has 0 saturated heterocycles. The summed E-state index contributed by atoms with van der Waals surface area (Å²) in [5.41, 5.74) is 0.877. The van der Waals surface area contributed by atoms with Crippen molar-refractivity contribution < 1.29 is 27.7 Å². The first kappa shape index (κ1) is 30.6. The standard InChI is InChI=1S/C26H36N4O7S/c1-7-23(26(32)27-15-18(2)3)28(16-20-9-12-22(37-5)13-10-20)25(31)17-29(38(6,35)36)24-14-21(30(33)34)11-8-19(24)4/h8-14,18,23H,7,15-17H2,1-6H3,(H,27,32)/t23-/m0/s1. The third kappa shape index (κ3) is 8.17. The molecule has 0 bridgehead atoms. The van der Waals surface area contributed by atoms with Gasteiger partial charge in [-0.3, -0.25) is 24.0 Å². The van der Waals surface area contributed by atoms with Crippen LogP contribution >= 0.6 is 0 Å². The molecule has 0 aliphatic carbocycles. The van der Waals surface area contributed by atoms with Gasteiger partial charge >= 0.3 is 0 Å². The van der Waals surface area contributed by atoms with Crippen LogP contribution in [0.3, 0.4) is 0 Å². The zero-order valence-corrected chi connectivity index (χ0v) is 23.4. The van der Waals surface area contributed by atoms with Gasteiger partial charge in [-0.2, -0.15) is 0 Å². The molecule has 0 aliphatic rings. The van der Waals surface area contributed by atoms with Gasteiger partial charge < -0.3 is 15.0 Å². The molecule has 1 N–H and O–H groups in total. The number of non-ortho nitro benzene ring substituents is 1. The molecule has 2 amide bonds. The Morgan fingerprint density at radius 1 is 1.13 bits per heavy atom. The molecule has 2 aromatic carbocycles. The fourth-order valence-corrected chi connectivity index (χ4v) is 4.74. The summed E-state index contributed by atoms with van der Waals surface area (Å²) in [6.07, 6.45) is 1.22. The zero-order chi connectivity index (χ0) is 28.6. The Hall–Kier alpha value is -3.67. The molecule has 2 aromatic rings. The normalized spacial score (nSPS) is 12.1. The molecule has 0 fully saturated rings. The van der Waals surface area contributed by atoms with E-state index in [4.69, 9.17) is 4.74 Å². The molecule has 0 radical (unpaired) electrons. The number of nitro benzene ring substituents is 1. The number of aryl methyl sites for hydroxylation is 1. The number of carbonyl (C=O) groups excluding carboxylic acids is 2. The number of benzene rings is 2. The Kier molecular flexibility index (Phi) is 10.6. The van der Waals surface area contributed by atoms with Crippen LogP contribution in [0.25, 0.3) is 0 Å². The lowest BCUT2D eigenvalue weighted by Crippen LogP contribution is -2.52. The molecule has 1 atom stereocenters. The van der Waals surface area contributed by atoms with Crippen molar-refractivity contribution in [1.82, 2.24) is 10.2 Å². The number of anilines is 1. The van der Waals surface area contributed by atoms with E-state index >= 15 is 0 Å². The van der Waals surface area contributed by atoms with Gasteiger partial charge in [0.25, 0.3) is 5.69 Å². The van der Waals surface area contributed by atoms with E-state index in [0.717, 1.165) is 16.6 Å². The molecule has 38 heavy (non-hydrogen) atoms. The van der Waals surface area contributed by atoms with Gasteiger partial charge in [-0.15, -0.1) is 0 Å². The maximum Gasteiger partial charge on any atom is 0.271 e. The van der Waals surface area contributed by atoms with E-state index < -0.39 is 33.4 Å². The third-order valence-corrected chi connectivity index (χ3v) is 7.06. The smallest absolute Gasteiger partial charge is 0.271 e. The Morgan fingerprint density at radius 2 is 1.76 bits per heavy atom. The first-order chi connectivity index (χ1) is 17.8. The van der Waals surface area contributed by atoms with E-state index in [1.54, 1.807) is 38.1 Å². The maximum atomic E-state index is 13.8. The minimum Gasteiger partial charge on any atom is -0.497 e. The van der Waals surface area contributed by atoms with Crippen molar-refractivity contribution in [3.63, 3.8) is 0 Å². The molecule has 0 spiro atoms. The number of sulfonamides is 1. The van der Waals surface area contributed by atoms with Crippen molar-refractivity contribution in [1.29, 1.82) is 0 Å². The van der Waals surface area contributed by atoms with E-state index in [9.17, 15) is 28.1 Å². The molecule has 12 heteroatoms. The van der Waals surface area contributed by atoms with Crippen molar-refractivity contribution in [2.24, 2.45) is 5.92 Å². The van der Waals surface area contributed by atoms with Crippen molar-refractivity contribution in [2.45, 2.75) is 46.7 Å². The van der Waals surface area contributed by atoms with Crippen molar-refractivity contribution >= 4 is 33.2 Å². The predicted octanol–water partition coefficient (Wildman–Crippen LogP) is 3.26. The molecule has 208 valence electrons. The number of hydrogen-bond acceptors (Lipinski definition) is 7. The molecule has 0 unspecified atom stereocenters. The summed E-state index contributed by atoms with van der Waals surface area (Å²) in [4.78, 5) is 38.9. The second kappa shape index (κ2) is 13.2. The van der Waals surface area contributed by atoms with Gasteiger partial charge in [-0.05, 0) is 42.5 Å². The molecular weight excluding hydrogens is 512 g/mol. The van der Waals surface area contributed by atoms with E-state index in [1.807, 2.05) is 13.8 Å². The fraction of sp³-hybridized carbons (Fsp3) is 0.462.